The van der Waals surface area contributed by atoms with Gasteiger partial charge in [0.05, 0.1) is 10.5 Å². The van der Waals surface area contributed by atoms with Gasteiger partial charge in [-0.2, -0.15) is 0 Å². The summed E-state index contributed by atoms with van der Waals surface area (Å²) >= 11 is 0. The van der Waals surface area contributed by atoms with Crippen LogP contribution in [0.2, 0.25) is 0 Å². The minimum absolute atomic E-state index is 0.00753. The van der Waals surface area contributed by atoms with Crippen LogP contribution in [0.1, 0.15) is 12.0 Å². The smallest absolute Gasteiger partial charge is 0.278 e. The van der Waals surface area contributed by atoms with Gasteiger partial charge in [-0.3, -0.25) is 24.6 Å². The number of hydrogen-bond donors (Lipinski definition) is 1. The first-order valence-corrected chi connectivity index (χ1v) is 8.79. The van der Waals surface area contributed by atoms with Crippen LogP contribution in [0.3, 0.4) is 0 Å². The summed E-state index contributed by atoms with van der Waals surface area (Å²) in [7, 11) is 1.52. The van der Waals surface area contributed by atoms with Crippen molar-refractivity contribution in [2.45, 2.75) is 6.42 Å². The van der Waals surface area contributed by atoms with E-state index in [4.69, 9.17) is 4.74 Å². The summed E-state index contributed by atoms with van der Waals surface area (Å²) < 4.78 is 18.5. The molecule has 3 rings (SSSR count). The van der Waals surface area contributed by atoms with Gasteiger partial charge in [0, 0.05) is 38.1 Å². The zero-order valence-corrected chi connectivity index (χ0v) is 15.6. The fourth-order valence-corrected chi connectivity index (χ4v) is 2.99. The molecule has 2 aromatic carbocycles. The van der Waals surface area contributed by atoms with Gasteiger partial charge < -0.3 is 10.1 Å². The van der Waals surface area contributed by atoms with E-state index in [2.05, 4.69) is 5.32 Å². The molecule has 0 aliphatic carbocycles. The van der Waals surface area contributed by atoms with Crippen molar-refractivity contribution in [2.24, 2.45) is 0 Å². The van der Waals surface area contributed by atoms with Gasteiger partial charge in [-0.05, 0) is 42.3 Å². The van der Waals surface area contributed by atoms with Gasteiger partial charge >= 0.3 is 0 Å². The average Bonchev–Trinajstić information content (AvgIpc) is 2.92. The molecule has 0 radical (unpaired) electrons. The van der Waals surface area contributed by atoms with Gasteiger partial charge in [0.25, 0.3) is 17.5 Å². The molecule has 8 nitrogen and oxygen atoms in total. The Morgan fingerprint density at radius 2 is 1.86 bits per heavy atom. The van der Waals surface area contributed by atoms with Gasteiger partial charge in [0.15, 0.2) is 0 Å². The Morgan fingerprint density at radius 3 is 2.48 bits per heavy atom. The third-order valence-electron chi connectivity index (χ3n) is 4.36. The van der Waals surface area contributed by atoms with E-state index in [9.17, 15) is 24.1 Å². The van der Waals surface area contributed by atoms with Crippen molar-refractivity contribution < 1.29 is 23.6 Å². The molecule has 0 spiro atoms. The monoisotopic (exact) mass is 399 g/mol. The number of methoxy groups -OCH3 is 1. The van der Waals surface area contributed by atoms with Crippen molar-refractivity contribution in [1.29, 1.82) is 0 Å². The maximum absolute atomic E-state index is 13.5. The first-order valence-electron chi connectivity index (χ1n) is 8.79. The standard InChI is InChI=1S/C20H18FN3O5/c1-29-11-3-10-23-19(25)17(13-6-8-16(9-7-13)24(27)28)18(20(23)26)22-15-5-2-4-14(21)12-15/h2,4-9,12,22H,3,10-11H2,1H3. The number of imide groups is 1. The van der Waals surface area contributed by atoms with E-state index in [1.807, 2.05) is 0 Å². The van der Waals surface area contributed by atoms with E-state index in [0.717, 1.165) is 4.90 Å². The predicted octanol–water partition coefficient (Wildman–Crippen LogP) is 2.96. The summed E-state index contributed by atoms with van der Waals surface area (Å²) in [6.45, 7) is 0.521. The van der Waals surface area contributed by atoms with Crippen molar-refractivity contribution in [1.82, 2.24) is 4.90 Å². The quantitative estimate of drug-likeness (QED) is 0.317. The number of carbonyl (C=O) groups is 2. The van der Waals surface area contributed by atoms with Crippen molar-refractivity contribution in [2.75, 3.05) is 25.6 Å². The van der Waals surface area contributed by atoms with Crippen LogP contribution in [0, 0.1) is 15.9 Å². The van der Waals surface area contributed by atoms with E-state index in [0.29, 0.717) is 24.3 Å². The molecule has 0 unspecified atom stereocenters. The highest BCUT2D eigenvalue weighted by Crippen LogP contribution is 2.31. The third-order valence-corrected chi connectivity index (χ3v) is 4.36. The van der Waals surface area contributed by atoms with Crippen LogP contribution in [0.25, 0.3) is 5.57 Å². The molecular formula is C20H18FN3O5. The van der Waals surface area contributed by atoms with E-state index in [1.165, 1.54) is 49.6 Å². The van der Waals surface area contributed by atoms with Crippen molar-refractivity contribution in [3.63, 3.8) is 0 Å². The number of benzene rings is 2. The minimum atomic E-state index is -0.553. The number of carbonyl (C=O) groups excluding carboxylic acids is 2. The van der Waals surface area contributed by atoms with Crippen molar-refractivity contribution in [3.8, 4) is 0 Å². The number of nitro benzene ring substituents is 1. The van der Waals surface area contributed by atoms with Gasteiger partial charge in [0.1, 0.15) is 11.5 Å². The lowest BCUT2D eigenvalue weighted by atomic mass is 10.0. The highest BCUT2D eigenvalue weighted by molar-refractivity contribution is 6.36. The number of nitro groups is 1. The molecule has 29 heavy (non-hydrogen) atoms. The zero-order chi connectivity index (χ0) is 21.0. The normalized spacial score (nSPS) is 13.9. The summed E-state index contributed by atoms with van der Waals surface area (Å²) in [5.41, 5.74) is 0.586. The number of nitrogens with zero attached hydrogens (tertiary/aromatic N) is 2. The molecule has 1 heterocycles. The topological polar surface area (TPSA) is 102 Å². The second-order valence-corrected chi connectivity index (χ2v) is 6.30. The van der Waals surface area contributed by atoms with Gasteiger partial charge in [0.2, 0.25) is 0 Å². The SMILES string of the molecule is COCCCN1C(=O)C(Nc2cccc(F)c2)=C(c2ccc([N+](=O)[O-])cc2)C1=O. The molecule has 2 aromatic rings. The van der Waals surface area contributed by atoms with Gasteiger partial charge in [-0.1, -0.05) is 6.07 Å². The van der Waals surface area contributed by atoms with Crippen LogP contribution in [0.5, 0.6) is 0 Å². The van der Waals surface area contributed by atoms with Crippen LogP contribution in [-0.4, -0.2) is 41.9 Å². The fraction of sp³-hybridized carbons (Fsp3) is 0.200. The van der Waals surface area contributed by atoms with E-state index in [-0.39, 0.29) is 23.5 Å². The summed E-state index contributed by atoms with van der Waals surface area (Å²) in [6, 6.07) is 10.8. The Balaban J connectivity index is 2.00. The largest absolute Gasteiger partial charge is 0.385 e. The lowest BCUT2D eigenvalue weighted by molar-refractivity contribution is -0.384. The van der Waals surface area contributed by atoms with E-state index in [1.54, 1.807) is 6.07 Å². The summed E-state index contributed by atoms with van der Waals surface area (Å²) in [5, 5.41) is 13.7. The highest BCUT2D eigenvalue weighted by Gasteiger charge is 2.39. The molecule has 0 saturated carbocycles. The Bertz CT molecular complexity index is 988. The van der Waals surface area contributed by atoms with Crippen LogP contribution in [-0.2, 0) is 14.3 Å². The van der Waals surface area contributed by atoms with Crippen LogP contribution < -0.4 is 5.32 Å². The molecule has 1 aliphatic heterocycles. The third kappa shape index (κ3) is 4.30. The lowest BCUT2D eigenvalue weighted by Gasteiger charge is -2.15. The molecule has 150 valence electrons. The Kier molecular flexibility index (Phi) is 5.99. The van der Waals surface area contributed by atoms with Crippen molar-refractivity contribution >= 4 is 28.8 Å². The molecule has 1 N–H and O–H groups in total. The highest BCUT2D eigenvalue weighted by atomic mass is 19.1. The fourth-order valence-electron chi connectivity index (χ4n) is 2.99. The maximum Gasteiger partial charge on any atom is 0.278 e. The van der Waals surface area contributed by atoms with Gasteiger partial charge in [-0.15, -0.1) is 0 Å². The molecule has 0 bridgehead atoms. The first-order chi connectivity index (χ1) is 13.9. The number of halogens is 1. The Labute approximate surface area is 165 Å². The molecule has 9 heteroatoms. The number of anilines is 1. The Hall–Kier alpha value is -3.59. The second-order valence-electron chi connectivity index (χ2n) is 6.30. The van der Waals surface area contributed by atoms with Crippen LogP contribution in [0.4, 0.5) is 15.8 Å². The number of non-ortho nitro benzene ring substituents is 1. The maximum atomic E-state index is 13.5. The zero-order valence-electron chi connectivity index (χ0n) is 15.6. The lowest BCUT2D eigenvalue weighted by Crippen LogP contribution is -2.33. The van der Waals surface area contributed by atoms with Crippen LogP contribution >= 0.6 is 0 Å². The summed E-state index contributed by atoms with van der Waals surface area (Å²) in [6.07, 6.45) is 0.453. The average molecular weight is 399 g/mol. The number of amides is 2. The Morgan fingerprint density at radius 1 is 1.14 bits per heavy atom. The van der Waals surface area contributed by atoms with Crippen molar-refractivity contribution in [3.05, 3.63) is 75.7 Å². The molecule has 0 aromatic heterocycles. The minimum Gasteiger partial charge on any atom is -0.385 e. The van der Waals surface area contributed by atoms with E-state index < -0.39 is 22.6 Å². The number of ether oxygens (including phenoxy) is 1. The number of rotatable bonds is 8. The summed E-state index contributed by atoms with van der Waals surface area (Å²) in [5.74, 6) is -1.58. The number of hydrogen-bond acceptors (Lipinski definition) is 6. The predicted molar refractivity (Wildman–Crippen MR) is 103 cm³/mol. The van der Waals surface area contributed by atoms with Gasteiger partial charge in [-0.25, -0.2) is 4.39 Å². The van der Waals surface area contributed by atoms with E-state index >= 15 is 0 Å². The summed E-state index contributed by atoms with van der Waals surface area (Å²) in [4.78, 5) is 37.3. The molecule has 0 atom stereocenters. The molecular weight excluding hydrogens is 381 g/mol. The second kappa shape index (κ2) is 8.61. The molecule has 0 fully saturated rings. The molecule has 0 saturated heterocycles. The number of nitrogens with one attached hydrogen (secondary N) is 1. The first kappa shape index (κ1) is 20.2. The molecule has 2 amide bonds. The molecule has 1 aliphatic rings. The van der Waals surface area contributed by atoms with Crippen LogP contribution in [0.15, 0.2) is 54.2 Å².